The van der Waals surface area contributed by atoms with Crippen LogP contribution in [-0.2, 0) is 13.2 Å². The van der Waals surface area contributed by atoms with Gasteiger partial charge in [-0.25, -0.2) is 4.39 Å². The molecule has 25 heavy (non-hydrogen) atoms. The van der Waals surface area contributed by atoms with E-state index in [0.29, 0.717) is 18.9 Å². The van der Waals surface area contributed by atoms with Gasteiger partial charge in [0.2, 0.25) is 0 Å². The molecule has 0 amide bonds. The van der Waals surface area contributed by atoms with Crippen LogP contribution in [-0.4, -0.2) is 0 Å². The lowest BCUT2D eigenvalue weighted by atomic mass is 10.0. The highest BCUT2D eigenvalue weighted by molar-refractivity contribution is 6.31. The SMILES string of the molecule is Cl.NCc1ccc(-c2ccc(F)c(Cl)c2)c(OCc2ccccc2)c1. The Hall–Kier alpha value is -2.07. The molecule has 130 valence electrons. The summed E-state index contributed by atoms with van der Waals surface area (Å²) in [5.41, 5.74) is 9.42. The molecular formula is C20H18Cl2FNO. The smallest absolute Gasteiger partial charge is 0.141 e. The highest BCUT2D eigenvalue weighted by atomic mass is 35.5. The molecule has 5 heteroatoms. The fourth-order valence-electron chi connectivity index (χ4n) is 2.45. The Morgan fingerprint density at radius 1 is 0.920 bits per heavy atom. The molecular weight excluding hydrogens is 360 g/mol. The molecule has 2 nitrogen and oxygen atoms in total. The summed E-state index contributed by atoms with van der Waals surface area (Å²) in [6.07, 6.45) is 0. The average molecular weight is 378 g/mol. The number of benzene rings is 3. The quantitative estimate of drug-likeness (QED) is 0.627. The van der Waals surface area contributed by atoms with E-state index in [-0.39, 0.29) is 17.4 Å². The van der Waals surface area contributed by atoms with Gasteiger partial charge in [-0.3, -0.25) is 0 Å². The molecule has 3 aromatic rings. The van der Waals surface area contributed by atoms with Crippen molar-refractivity contribution in [3.8, 4) is 16.9 Å². The second-order valence-electron chi connectivity index (χ2n) is 5.44. The summed E-state index contributed by atoms with van der Waals surface area (Å²) >= 11 is 5.91. The Kier molecular flexibility index (Phi) is 6.82. The van der Waals surface area contributed by atoms with E-state index in [2.05, 4.69) is 0 Å². The maximum Gasteiger partial charge on any atom is 0.141 e. The van der Waals surface area contributed by atoms with Gasteiger partial charge < -0.3 is 10.5 Å². The number of halogens is 3. The second kappa shape index (κ2) is 8.86. The van der Waals surface area contributed by atoms with Gasteiger partial charge in [-0.2, -0.15) is 0 Å². The predicted octanol–water partition coefficient (Wildman–Crippen LogP) is 5.61. The summed E-state index contributed by atoms with van der Waals surface area (Å²) in [6.45, 7) is 0.864. The molecule has 0 aromatic heterocycles. The monoisotopic (exact) mass is 377 g/mol. The highest BCUT2D eigenvalue weighted by Crippen LogP contribution is 2.33. The third-order valence-corrected chi connectivity index (χ3v) is 4.04. The van der Waals surface area contributed by atoms with Crippen molar-refractivity contribution >= 4 is 24.0 Å². The molecule has 0 saturated carbocycles. The predicted molar refractivity (Wildman–Crippen MR) is 103 cm³/mol. The van der Waals surface area contributed by atoms with Gasteiger partial charge in [-0.05, 0) is 34.9 Å². The minimum atomic E-state index is -0.439. The zero-order valence-electron chi connectivity index (χ0n) is 13.4. The van der Waals surface area contributed by atoms with Crippen molar-refractivity contribution in [2.45, 2.75) is 13.2 Å². The summed E-state index contributed by atoms with van der Waals surface area (Å²) in [6, 6.07) is 20.3. The Morgan fingerprint density at radius 3 is 2.36 bits per heavy atom. The maximum atomic E-state index is 13.4. The summed E-state index contributed by atoms with van der Waals surface area (Å²) in [7, 11) is 0. The molecule has 0 aliphatic carbocycles. The van der Waals surface area contributed by atoms with Gasteiger partial charge in [-0.15, -0.1) is 12.4 Å². The molecule has 0 aliphatic rings. The lowest BCUT2D eigenvalue weighted by Crippen LogP contribution is -2.00. The Morgan fingerprint density at radius 2 is 1.68 bits per heavy atom. The van der Waals surface area contributed by atoms with Gasteiger partial charge in [0.1, 0.15) is 18.2 Å². The van der Waals surface area contributed by atoms with Crippen molar-refractivity contribution in [1.82, 2.24) is 0 Å². The fraction of sp³-hybridized carbons (Fsp3) is 0.100. The van der Waals surface area contributed by atoms with Crippen LogP contribution in [0.1, 0.15) is 11.1 Å². The number of nitrogens with two attached hydrogens (primary N) is 1. The molecule has 3 aromatic carbocycles. The number of hydrogen-bond donors (Lipinski definition) is 1. The van der Waals surface area contributed by atoms with Gasteiger partial charge >= 0.3 is 0 Å². The van der Waals surface area contributed by atoms with Crippen LogP contribution in [0.25, 0.3) is 11.1 Å². The average Bonchev–Trinajstić information content (AvgIpc) is 2.63. The van der Waals surface area contributed by atoms with Crippen molar-refractivity contribution < 1.29 is 9.13 Å². The van der Waals surface area contributed by atoms with Gasteiger partial charge in [0.15, 0.2) is 0 Å². The van der Waals surface area contributed by atoms with E-state index in [0.717, 1.165) is 22.3 Å². The molecule has 0 radical (unpaired) electrons. The summed E-state index contributed by atoms with van der Waals surface area (Å²) in [5.74, 6) is 0.259. The van der Waals surface area contributed by atoms with Gasteiger partial charge in [-0.1, -0.05) is 60.1 Å². The van der Waals surface area contributed by atoms with Crippen LogP contribution in [0.3, 0.4) is 0 Å². The van der Waals surface area contributed by atoms with Crippen molar-refractivity contribution in [2.24, 2.45) is 5.73 Å². The van der Waals surface area contributed by atoms with Gasteiger partial charge in [0.05, 0.1) is 5.02 Å². The molecule has 0 aliphatic heterocycles. The first kappa shape index (κ1) is 19.3. The van der Waals surface area contributed by atoms with Crippen molar-refractivity contribution in [1.29, 1.82) is 0 Å². The van der Waals surface area contributed by atoms with E-state index < -0.39 is 5.82 Å². The van der Waals surface area contributed by atoms with Gasteiger partial charge in [0, 0.05) is 12.1 Å². The molecule has 0 spiro atoms. The Balaban J connectivity index is 0.00000225. The minimum Gasteiger partial charge on any atom is -0.488 e. The topological polar surface area (TPSA) is 35.2 Å². The second-order valence-corrected chi connectivity index (χ2v) is 5.84. The van der Waals surface area contributed by atoms with Crippen LogP contribution in [0.2, 0.25) is 5.02 Å². The Bertz CT molecular complexity index is 840. The highest BCUT2D eigenvalue weighted by Gasteiger charge is 2.10. The third-order valence-electron chi connectivity index (χ3n) is 3.75. The van der Waals surface area contributed by atoms with Crippen molar-refractivity contribution in [3.63, 3.8) is 0 Å². The first-order chi connectivity index (χ1) is 11.7. The van der Waals surface area contributed by atoms with E-state index >= 15 is 0 Å². The van der Waals surface area contributed by atoms with E-state index in [4.69, 9.17) is 22.1 Å². The van der Waals surface area contributed by atoms with E-state index in [1.807, 2.05) is 48.5 Å². The van der Waals surface area contributed by atoms with Crippen molar-refractivity contribution in [2.75, 3.05) is 0 Å². The Labute approximate surface area is 157 Å². The lowest BCUT2D eigenvalue weighted by molar-refractivity contribution is 0.307. The zero-order valence-corrected chi connectivity index (χ0v) is 15.0. The first-order valence-electron chi connectivity index (χ1n) is 7.62. The molecule has 0 atom stereocenters. The summed E-state index contributed by atoms with van der Waals surface area (Å²) in [5, 5.41) is 0.0874. The van der Waals surface area contributed by atoms with Gasteiger partial charge in [0.25, 0.3) is 0 Å². The van der Waals surface area contributed by atoms with E-state index in [1.165, 1.54) is 6.07 Å². The molecule has 0 unspecified atom stereocenters. The fourth-order valence-corrected chi connectivity index (χ4v) is 2.63. The minimum absolute atomic E-state index is 0. The van der Waals surface area contributed by atoms with Crippen LogP contribution < -0.4 is 10.5 Å². The van der Waals surface area contributed by atoms with Crippen LogP contribution >= 0.6 is 24.0 Å². The first-order valence-corrected chi connectivity index (χ1v) is 8.00. The number of rotatable bonds is 5. The van der Waals surface area contributed by atoms with Crippen LogP contribution in [0.15, 0.2) is 66.7 Å². The van der Waals surface area contributed by atoms with Crippen LogP contribution in [0.5, 0.6) is 5.75 Å². The van der Waals surface area contributed by atoms with Crippen LogP contribution in [0, 0.1) is 5.82 Å². The van der Waals surface area contributed by atoms with Crippen molar-refractivity contribution in [3.05, 3.63) is 88.7 Å². The standard InChI is InChI=1S/C20H17ClFNO.ClH/c21-18-11-16(7-9-19(18)22)17-8-6-15(12-23)10-20(17)24-13-14-4-2-1-3-5-14;/h1-11H,12-13,23H2;1H. The largest absolute Gasteiger partial charge is 0.488 e. The van der Waals surface area contributed by atoms with E-state index in [9.17, 15) is 4.39 Å². The lowest BCUT2D eigenvalue weighted by Gasteiger charge is -2.14. The summed E-state index contributed by atoms with van der Waals surface area (Å²) in [4.78, 5) is 0. The van der Waals surface area contributed by atoms with Crippen LogP contribution in [0.4, 0.5) is 4.39 Å². The molecule has 0 fully saturated rings. The number of ether oxygens (including phenoxy) is 1. The molecule has 2 N–H and O–H groups in total. The normalized spacial score (nSPS) is 10.2. The zero-order chi connectivity index (χ0) is 16.9. The van der Waals surface area contributed by atoms with E-state index in [1.54, 1.807) is 12.1 Å². The summed E-state index contributed by atoms with van der Waals surface area (Å²) < 4.78 is 19.4. The molecule has 0 heterocycles. The molecule has 0 saturated heterocycles. The molecule has 3 rings (SSSR count). The maximum absolute atomic E-state index is 13.4. The molecule has 0 bridgehead atoms. The number of hydrogen-bond acceptors (Lipinski definition) is 2. The third kappa shape index (κ3) is 4.73.